The Morgan fingerprint density at radius 3 is 2.92 bits per heavy atom. The highest BCUT2D eigenvalue weighted by molar-refractivity contribution is 6.35. The van der Waals surface area contributed by atoms with Gasteiger partial charge in [-0.2, -0.15) is 0 Å². The maximum atomic E-state index is 10.3. The zero-order valence-electron chi connectivity index (χ0n) is 6.35. The lowest BCUT2D eigenvalue weighted by Crippen LogP contribution is -2.07. The normalized spacial score (nSPS) is 10.5. The van der Waals surface area contributed by atoms with Crippen LogP contribution in [-0.2, 0) is 0 Å². The molecule has 0 aliphatic heterocycles. The summed E-state index contributed by atoms with van der Waals surface area (Å²) >= 11 is 5.80. The van der Waals surface area contributed by atoms with Crippen molar-refractivity contribution in [2.75, 3.05) is 0 Å². The molecule has 2 rings (SSSR count). The van der Waals surface area contributed by atoms with Crippen LogP contribution in [0.15, 0.2) is 24.4 Å². The molecule has 66 valence electrons. The van der Waals surface area contributed by atoms with Gasteiger partial charge >= 0.3 is 0 Å². The Balaban J connectivity index is 2.75. The number of hydrogen-bond donors (Lipinski definition) is 0. The predicted octanol–water partition coefficient (Wildman–Crippen LogP) is 1.73. The van der Waals surface area contributed by atoms with Gasteiger partial charge in [0.1, 0.15) is 6.20 Å². The number of benzene rings is 1. The van der Waals surface area contributed by atoms with Crippen LogP contribution in [0.5, 0.6) is 0 Å². The molecule has 0 amide bonds. The molecule has 0 N–H and O–H groups in total. The molecule has 13 heavy (non-hydrogen) atoms. The van der Waals surface area contributed by atoms with Gasteiger partial charge in [0, 0.05) is 4.79 Å². The Labute approximate surface area is 77.6 Å². The summed E-state index contributed by atoms with van der Waals surface area (Å²) in [5.74, 6) is 0. The van der Waals surface area contributed by atoms with E-state index >= 15 is 0 Å². The lowest BCUT2D eigenvalue weighted by atomic mass is 10.3. The van der Waals surface area contributed by atoms with Crippen LogP contribution in [0, 0.1) is 10.1 Å². The molecule has 0 spiro atoms. The Morgan fingerprint density at radius 1 is 1.54 bits per heavy atom. The quantitative estimate of drug-likeness (QED) is 0.517. The SMILES string of the molecule is O=[N+]([O-])n1cc2c(Cl)cccc2n1. The molecule has 6 heteroatoms. The van der Waals surface area contributed by atoms with Crippen LogP contribution < -0.4 is 0 Å². The van der Waals surface area contributed by atoms with E-state index in [4.69, 9.17) is 11.6 Å². The lowest BCUT2D eigenvalue weighted by Gasteiger charge is -1.86. The number of rotatable bonds is 1. The number of hydrogen-bond acceptors (Lipinski definition) is 3. The van der Waals surface area contributed by atoms with Gasteiger partial charge in [0.25, 0.3) is 0 Å². The minimum atomic E-state index is -0.615. The molecular weight excluding hydrogens is 194 g/mol. The number of aromatic nitrogens is 2. The molecule has 0 aliphatic rings. The minimum absolute atomic E-state index is 0.464. The van der Waals surface area contributed by atoms with Crippen molar-refractivity contribution < 1.29 is 5.03 Å². The van der Waals surface area contributed by atoms with E-state index in [0.29, 0.717) is 20.7 Å². The van der Waals surface area contributed by atoms with Crippen LogP contribution >= 0.6 is 11.6 Å². The van der Waals surface area contributed by atoms with Crippen molar-refractivity contribution in [1.82, 2.24) is 9.89 Å². The van der Waals surface area contributed by atoms with Crippen molar-refractivity contribution in [2.45, 2.75) is 0 Å². The predicted molar refractivity (Wildman–Crippen MR) is 47.1 cm³/mol. The molecule has 1 aromatic heterocycles. The smallest absolute Gasteiger partial charge is 0.211 e. The summed E-state index contributed by atoms with van der Waals surface area (Å²) in [6, 6.07) is 5.03. The Morgan fingerprint density at radius 2 is 2.31 bits per heavy atom. The maximum Gasteiger partial charge on any atom is 0.211 e. The molecule has 1 heterocycles. The van der Waals surface area contributed by atoms with E-state index in [-0.39, 0.29) is 0 Å². The van der Waals surface area contributed by atoms with Crippen LogP contribution in [0.2, 0.25) is 5.02 Å². The average Bonchev–Trinajstić information content (AvgIpc) is 2.49. The van der Waals surface area contributed by atoms with E-state index in [1.165, 1.54) is 6.20 Å². The first-order chi connectivity index (χ1) is 6.18. The lowest BCUT2D eigenvalue weighted by molar-refractivity contribution is -0.552. The molecule has 0 aliphatic carbocycles. The third-order valence-corrected chi connectivity index (χ3v) is 1.98. The second-order valence-electron chi connectivity index (χ2n) is 2.46. The maximum absolute atomic E-state index is 10.3. The standard InChI is InChI=1S/C7H4ClN3O2/c8-6-2-1-3-7-5(6)4-10(9-7)11(12)13/h1-4H. The van der Waals surface area contributed by atoms with Gasteiger partial charge in [-0.3, -0.25) is 0 Å². The number of halogens is 1. The summed E-state index contributed by atoms with van der Waals surface area (Å²) < 4.78 is 0. The van der Waals surface area contributed by atoms with Gasteiger partial charge in [-0.25, -0.2) is 0 Å². The van der Waals surface area contributed by atoms with Gasteiger partial charge in [-0.05, 0) is 12.1 Å². The van der Waals surface area contributed by atoms with Crippen molar-refractivity contribution in [3.05, 3.63) is 39.5 Å². The second-order valence-corrected chi connectivity index (χ2v) is 2.87. The summed E-state index contributed by atoms with van der Waals surface area (Å²) in [4.78, 5) is 11.0. The summed E-state index contributed by atoms with van der Waals surface area (Å²) in [6.07, 6.45) is 1.29. The third-order valence-electron chi connectivity index (χ3n) is 1.65. The largest absolute Gasteiger partial charge is 0.339 e. The molecule has 0 unspecified atom stereocenters. The molecule has 0 saturated carbocycles. The van der Waals surface area contributed by atoms with Crippen molar-refractivity contribution in [2.24, 2.45) is 0 Å². The highest BCUT2D eigenvalue weighted by atomic mass is 35.5. The van der Waals surface area contributed by atoms with Crippen LogP contribution in [-0.4, -0.2) is 14.9 Å². The van der Waals surface area contributed by atoms with Gasteiger partial charge in [-0.1, -0.05) is 17.7 Å². The average molecular weight is 198 g/mol. The topological polar surface area (TPSA) is 61.0 Å². The molecule has 5 nitrogen and oxygen atoms in total. The third kappa shape index (κ3) is 1.23. The Kier molecular flexibility index (Phi) is 1.66. The number of fused-ring (bicyclic) bond motifs is 1. The zero-order valence-corrected chi connectivity index (χ0v) is 7.10. The first-order valence-corrected chi connectivity index (χ1v) is 3.85. The van der Waals surface area contributed by atoms with Crippen molar-refractivity contribution in [3.63, 3.8) is 0 Å². The first kappa shape index (κ1) is 8.00. The Hall–Kier alpha value is -1.62. The van der Waals surface area contributed by atoms with Crippen LogP contribution in [0.4, 0.5) is 0 Å². The van der Waals surface area contributed by atoms with Crippen molar-refractivity contribution >= 4 is 22.5 Å². The highest BCUT2D eigenvalue weighted by Gasteiger charge is 2.11. The summed E-state index contributed by atoms with van der Waals surface area (Å²) in [5.41, 5.74) is 0.518. The van der Waals surface area contributed by atoms with Crippen molar-refractivity contribution in [1.29, 1.82) is 0 Å². The van der Waals surface area contributed by atoms with Gasteiger partial charge < -0.3 is 10.1 Å². The van der Waals surface area contributed by atoms with E-state index in [1.54, 1.807) is 18.2 Å². The van der Waals surface area contributed by atoms with Crippen LogP contribution in [0.25, 0.3) is 10.9 Å². The first-order valence-electron chi connectivity index (χ1n) is 3.47. The molecular formula is C7H4ClN3O2. The number of nitro groups is 1. The molecule has 0 atom stereocenters. The van der Waals surface area contributed by atoms with Crippen molar-refractivity contribution in [3.8, 4) is 0 Å². The van der Waals surface area contributed by atoms with Gasteiger partial charge in [0.15, 0.2) is 0 Å². The molecule has 0 saturated heterocycles. The fourth-order valence-electron chi connectivity index (χ4n) is 1.08. The molecule has 0 radical (unpaired) electrons. The summed E-state index contributed by atoms with van der Waals surface area (Å²) in [5, 5.41) is 14.5. The highest BCUT2D eigenvalue weighted by Crippen LogP contribution is 2.21. The second kappa shape index (κ2) is 2.70. The summed E-state index contributed by atoms with van der Waals surface area (Å²) in [6.45, 7) is 0. The van der Waals surface area contributed by atoms with E-state index in [9.17, 15) is 10.1 Å². The van der Waals surface area contributed by atoms with E-state index in [0.717, 1.165) is 0 Å². The molecule has 0 bridgehead atoms. The van der Waals surface area contributed by atoms with E-state index in [1.807, 2.05) is 0 Å². The summed E-state index contributed by atoms with van der Waals surface area (Å²) in [7, 11) is 0. The Bertz CT molecular complexity index is 480. The van der Waals surface area contributed by atoms with Gasteiger partial charge in [0.05, 0.1) is 20.5 Å². The number of nitrogens with zero attached hydrogens (tertiary/aromatic N) is 3. The monoisotopic (exact) mass is 197 g/mol. The molecule has 1 aromatic carbocycles. The fourth-order valence-corrected chi connectivity index (χ4v) is 1.30. The zero-order chi connectivity index (χ0) is 9.42. The fraction of sp³-hybridized carbons (Fsp3) is 0. The van der Waals surface area contributed by atoms with Gasteiger partial charge in [-0.15, -0.1) is 0 Å². The minimum Gasteiger partial charge on any atom is -0.339 e. The van der Waals surface area contributed by atoms with Crippen LogP contribution in [0.3, 0.4) is 0 Å². The van der Waals surface area contributed by atoms with Crippen LogP contribution in [0.1, 0.15) is 0 Å². The van der Waals surface area contributed by atoms with E-state index in [2.05, 4.69) is 5.10 Å². The molecule has 0 fully saturated rings. The van der Waals surface area contributed by atoms with Gasteiger partial charge in [0.2, 0.25) is 5.52 Å². The van der Waals surface area contributed by atoms with E-state index < -0.39 is 5.03 Å². The molecule has 2 aromatic rings.